The van der Waals surface area contributed by atoms with Crippen LogP contribution in [0.1, 0.15) is 10.4 Å². The van der Waals surface area contributed by atoms with Crippen molar-refractivity contribution < 1.29 is 27.5 Å². The molecule has 0 aromatic heterocycles. The number of rotatable bonds is 4. The molecule has 0 saturated carbocycles. The number of halogens is 1. The number of amides is 2. The highest BCUT2D eigenvalue weighted by molar-refractivity contribution is 7.90. The first-order valence-corrected chi connectivity index (χ1v) is 7.64. The Morgan fingerprint density at radius 3 is 2.22 bits per heavy atom. The lowest BCUT2D eigenvalue weighted by molar-refractivity contribution is 0.0697. The molecule has 0 heterocycles. The summed E-state index contributed by atoms with van der Waals surface area (Å²) >= 11 is 0. The summed E-state index contributed by atoms with van der Waals surface area (Å²) in [6.45, 7) is 0. The number of nitrogens with one attached hydrogen (secondary N) is 1. The summed E-state index contributed by atoms with van der Waals surface area (Å²) in [6.07, 6.45) is 0. The minimum Gasteiger partial charge on any atom is -0.478 e. The van der Waals surface area contributed by atoms with E-state index in [0.717, 1.165) is 30.3 Å². The predicted octanol–water partition coefficient (Wildman–Crippen LogP) is 1.55. The maximum absolute atomic E-state index is 13.8. The molecule has 0 aliphatic rings. The standard InChI is InChI=1S/C14H11FN2O5S/c15-12-6-3-9(13(18)19)7-11(12)8-1-4-10(5-2-8)23(21,22)17-14(16)20/h1-7H,(H,18,19)(H3,16,17,20). The van der Waals surface area contributed by atoms with Crippen molar-refractivity contribution in [1.82, 2.24) is 4.72 Å². The molecule has 4 N–H and O–H groups in total. The predicted molar refractivity (Wildman–Crippen MR) is 78.7 cm³/mol. The number of nitrogens with two attached hydrogens (primary N) is 1. The third-order valence-electron chi connectivity index (χ3n) is 2.92. The van der Waals surface area contributed by atoms with Crippen LogP contribution in [0.2, 0.25) is 0 Å². The van der Waals surface area contributed by atoms with Gasteiger partial charge in [-0.2, -0.15) is 0 Å². The van der Waals surface area contributed by atoms with Gasteiger partial charge in [0.2, 0.25) is 0 Å². The Morgan fingerprint density at radius 2 is 1.70 bits per heavy atom. The van der Waals surface area contributed by atoms with Gasteiger partial charge in [-0.15, -0.1) is 0 Å². The van der Waals surface area contributed by atoms with Crippen LogP contribution in [0.5, 0.6) is 0 Å². The Bertz CT molecular complexity index is 879. The third-order valence-corrected chi connectivity index (χ3v) is 4.29. The van der Waals surface area contributed by atoms with Crippen LogP contribution in [0.4, 0.5) is 9.18 Å². The Kier molecular flexibility index (Phi) is 4.32. The Hall–Kier alpha value is -2.94. The number of carboxylic acid groups (broad SMARTS) is 1. The van der Waals surface area contributed by atoms with Crippen LogP contribution in [-0.2, 0) is 10.0 Å². The van der Waals surface area contributed by atoms with Gasteiger partial charge in [-0.05, 0) is 35.9 Å². The second-order valence-electron chi connectivity index (χ2n) is 4.49. The lowest BCUT2D eigenvalue weighted by atomic mass is 10.0. The average molecular weight is 338 g/mol. The molecule has 0 fully saturated rings. The Balaban J connectivity index is 2.43. The van der Waals surface area contributed by atoms with Gasteiger partial charge in [0.25, 0.3) is 10.0 Å². The third kappa shape index (κ3) is 3.64. The average Bonchev–Trinajstić information content (AvgIpc) is 2.46. The zero-order valence-corrected chi connectivity index (χ0v) is 12.3. The molecular weight excluding hydrogens is 327 g/mol. The summed E-state index contributed by atoms with van der Waals surface area (Å²) in [5.41, 5.74) is 4.96. The molecule has 0 aliphatic heterocycles. The maximum Gasteiger partial charge on any atom is 0.335 e. The lowest BCUT2D eigenvalue weighted by Gasteiger charge is -2.07. The van der Waals surface area contributed by atoms with Crippen LogP contribution in [0.3, 0.4) is 0 Å². The van der Waals surface area contributed by atoms with Gasteiger partial charge in [0.1, 0.15) is 5.82 Å². The van der Waals surface area contributed by atoms with Crippen molar-refractivity contribution in [2.45, 2.75) is 4.90 Å². The number of hydrogen-bond donors (Lipinski definition) is 3. The zero-order chi connectivity index (χ0) is 17.2. The number of hydrogen-bond acceptors (Lipinski definition) is 4. The molecule has 7 nitrogen and oxygen atoms in total. The normalized spacial score (nSPS) is 11.0. The van der Waals surface area contributed by atoms with Crippen molar-refractivity contribution in [2.24, 2.45) is 5.73 Å². The lowest BCUT2D eigenvalue weighted by Crippen LogP contribution is -2.34. The first-order valence-electron chi connectivity index (χ1n) is 6.16. The van der Waals surface area contributed by atoms with E-state index in [-0.39, 0.29) is 21.6 Å². The van der Waals surface area contributed by atoms with E-state index in [0.29, 0.717) is 0 Å². The van der Waals surface area contributed by atoms with Crippen LogP contribution in [-0.4, -0.2) is 25.5 Å². The minimum atomic E-state index is -4.10. The largest absolute Gasteiger partial charge is 0.478 e. The van der Waals surface area contributed by atoms with Gasteiger partial charge < -0.3 is 10.8 Å². The molecule has 2 amide bonds. The molecule has 0 saturated heterocycles. The van der Waals surface area contributed by atoms with E-state index < -0.39 is 27.8 Å². The van der Waals surface area contributed by atoms with Gasteiger partial charge in [0.05, 0.1) is 10.5 Å². The van der Waals surface area contributed by atoms with Crippen molar-refractivity contribution in [3.63, 3.8) is 0 Å². The zero-order valence-electron chi connectivity index (χ0n) is 11.5. The van der Waals surface area contributed by atoms with Crippen LogP contribution in [0.15, 0.2) is 47.4 Å². The number of carbonyl (C=O) groups excluding carboxylic acids is 1. The van der Waals surface area contributed by atoms with Crippen molar-refractivity contribution in [3.05, 3.63) is 53.8 Å². The van der Waals surface area contributed by atoms with Crippen molar-refractivity contribution in [2.75, 3.05) is 0 Å². The molecule has 120 valence electrons. The van der Waals surface area contributed by atoms with Gasteiger partial charge in [-0.25, -0.2) is 27.1 Å². The summed E-state index contributed by atoms with van der Waals surface area (Å²) in [5.74, 6) is -1.86. The fourth-order valence-electron chi connectivity index (χ4n) is 1.88. The molecule has 2 aromatic rings. The fraction of sp³-hybridized carbons (Fsp3) is 0. The molecule has 2 rings (SSSR count). The smallest absolute Gasteiger partial charge is 0.335 e. The number of benzene rings is 2. The molecule has 0 bridgehead atoms. The topological polar surface area (TPSA) is 127 Å². The van der Waals surface area contributed by atoms with Gasteiger partial charge in [0.15, 0.2) is 0 Å². The number of aromatic carboxylic acids is 1. The van der Waals surface area contributed by atoms with Gasteiger partial charge in [-0.1, -0.05) is 12.1 Å². The van der Waals surface area contributed by atoms with Crippen molar-refractivity contribution in [3.8, 4) is 11.1 Å². The summed E-state index contributed by atoms with van der Waals surface area (Å²) in [7, 11) is -4.10. The number of primary amides is 1. The Labute approximate surface area is 130 Å². The fourth-order valence-corrected chi connectivity index (χ4v) is 2.76. The highest BCUT2D eigenvalue weighted by Gasteiger charge is 2.16. The molecule has 9 heteroatoms. The summed E-state index contributed by atoms with van der Waals surface area (Å²) < 4.78 is 38.9. The van der Waals surface area contributed by atoms with E-state index in [1.165, 1.54) is 12.1 Å². The van der Waals surface area contributed by atoms with E-state index in [2.05, 4.69) is 0 Å². The SMILES string of the molecule is NC(=O)NS(=O)(=O)c1ccc(-c2cc(C(=O)O)ccc2F)cc1. The van der Waals surface area contributed by atoms with Gasteiger partial charge in [-0.3, -0.25) is 0 Å². The molecule has 0 aliphatic carbocycles. The van der Waals surface area contributed by atoms with Crippen LogP contribution in [0, 0.1) is 5.82 Å². The molecule has 0 unspecified atom stereocenters. The first kappa shape index (κ1) is 16.4. The molecule has 0 radical (unpaired) electrons. The van der Waals surface area contributed by atoms with Crippen molar-refractivity contribution >= 4 is 22.0 Å². The number of carbonyl (C=O) groups is 2. The second kappa shape index (κ2) is 6.05. The molecule has 2 aromatic carbocycles. The monoisotopic (exact) mass is 338 g/mol. The maximum atomic E-state index is 13.8. The first-order chi connectivity index (χ1) is 10.7. The summed E-state index contributed by atoms with van der Waals surface area (Å²) in [5, 5.41) is 8.93. The summed E-state index contributed by atoms with van der Waals surface area (Å²) in [6, 6.07) is 6.92. The van der Waals surface area contributed by atoms with Crippen LogP contribution in [0.25, 0.3) is 11.1 Å². The van der Waals surface area contributed by atoms with Crippen molar-refractivity contribution in [1.29, 1.82) is 0 Å². The minimum absolute atomic E-state index is 0.0108. The number of urea groups is 1. The molecular formula is C14H11FN2O5S. The van der Waals surface area contributed by atoms with E-state index in [1.54, 1.807) is 4.72 Å². The van der Waals surface area contributed by atoms with E-state index in [1.807, 2.05) is 0 Å². The van der Waals surface area contributed by atoms with Gasteiger partial charge >= 0.3 is 12.0 Å². The number of carboxylic acids is 1. The highest BCUT2D eigenvalue weighted by atomic mass is 32.2. The molecule has 0 atom stereocenters. The van der Waals surface area contributed by atoms with E-state index in [4.69, 9.17) is 10.8 Å². The second-order valence-corrected chi connectivity index (χ2v) is 6.18. The quantitative estimate of drug-likeness (QED) is 0.779. The van der Waals surface area contributed by atoms with Gasteiger partial charge in [0, 0.05) is 5.56 Å². The highest BCUT2D eigenvalue weighted by Crippen LogP contribution is 2.25. The number of sulfonamides is 1. The molecule has 0 spiro atoms. The summed E-state index contributed by atoms with van der Waals surface area (Å²) in [4.78, 5) is 21.3. The van der Waals surface area contributed by atoms with Crippen LogP contribution >= 0.6 is 0 Å². The van der Waals surface area contributed by atoms with Crippen LogP contribution < -0.4 is 10.5 Å². The molecule has 23 heavy (non-hydrogen) atoms. The van der Waals surface area contributed by atoms with E-state index >= 15 is 0 Å². The van der Waals surface area contributed by atoms with E-state index in [9.17, 15) is 22.4 Å². The Morgan fingerprint density at radius 1 is 1.09 bits per heavy atom.